The van der Waals surface area contributed by atoms with Crippen LogP contribution in [0.3, 0.4) is 0 Å². The van der Waals surface area contributed by atoms with E-state index in [-0.39, 0.29) is 24.4 Å². The van der Waals surface area contributed by atoms with Gasteiger partial charge in [-0.15, -0.1) is 12.4 Å². The minimum absolute atomic E-state index is 0. The summed E-state index contributed by atoms with van der Waals surface area (Å²) in [5, 5.41) is 3.26. The number of ether oxygens (including phenoxy) is 1. The van der Waals surface area contributed by atoms with Gasteiger partial charge in [-0.1, -0.05) is 6.42 Å². The molecule has 1 heterocycles. The van der Waals surface area contributed by atoms with Crippen molar-refractivity contribution in [3.63, 3.8) is 0 Å². The van der Waals surface area contributed by atoms with E-state index in [1.54, 1.807) is 0 Å². The number of rotatable bonds is 3. The first kappa shape index (κ1) is 18.0. The van der Waals surface area contributed by atoms with Crippen molar-refractivity contribution in [2.75, 3.05) is 13.2 Å². The van der Waals surface area contributed by atoms with Crippen LogP contribution in [0.25, 0.3) is 0 Å². The van der Waals surface area contributed by atoms with Gasteiger partial charge in [0.15, 0.2) is 0 Å². The molecule has 3 N–H and O–H groups in total. The summed E-state index contributed by atoms with van der Waals surface area (Å²) in [6.07, 6.45) is 11.3. The molecule has 0 aromatic rings. The Labute approximate surface area is 140 Å². The Morgan fingerprint density at radius 2 is 1.77 bits per heavy atom. The van der Waals surface area contributed by atoms with E-state index in [0.717, 1.165) is 38.9 Å². The number of hydrogen-bond donors (Lipinski definition) is 2. The Kier molecular flexibility index (Phi) is 6.54. The third-order valence-corrected chi connectivity index (χ3v) is 6.13. The Morgan fingerprint density at radius 1 is 1.09 bits per heavy atom. The maximum Gasteiger partial charge on any atom is 0.220 e. The van der Waals surface area contributed by atoms with Gasteiger partial charge >= 0.3 is 0 Å². The third kappa shape index (κ3) is 4.36. The largest absolute Gasteiger partial charge is 0.381 e. The van der Waals surface area contributed by atoms with Crippen LogP contribution in [0.1, 0.15) is 64.2 Å². The van der Waals surface area contributed by atoms with Crippen molar-refractivity contribution in [3.8, 4) is 0 Å². The molecule has 1 aliphatic heterocycles. The number of nitrogens with one attached hydrogen (secondary N) is 1. The molecule has 5 heteroatoms. The molecule has 3 fully saturated rings. The normalized spacial score (nSPS) is 31.7. The fourth-order valence-corrected chi connectivity index (χ4v) is 4.52. The van der Waals surface area contributed by atoms with Crippen LogP contribution in [0.2, 0.25) is 0 Å². The number of nitrogens with two attached hydrogens (primary N) is 1. The standard InChI is InChI=1S/C17H30N2O2.ClH/c18-15-3-1-2-13(15)12-16(20)19-14-4-6-17(7-5-14)8-10-21-11-9-17;/h13-15H,1-12,18H2,(H,19,20);1H/t13-,15+;/m0./s1. The maximum absolute atomic E-state index is 12.2. The van der Waals surface area contributed by atoms with Crippen LogP contribution >= 0.6 is 12.4 Å². The minimum Gasteiger partial charge on any atom is -0.381 e. The van der Waals surface area contributed by atoms with Crippen molar-refractivity contribution in [2.45, 2.75) is 76.3 Å². The first-order valence-electron chi connectivity index (χ1n) is 8.80. The third-order valence-electron chi connectivity index (χ3n) is 6.13. The number of carbonyl (C=O) groups excluding carboxylic acids is 1. The summed E-state index contributed by atoms with van der Waals surface area (Å²) in [6.45, 7) is 1.85. The molecule has 2 atom stereocenters. The quantitative estimate of drug-likeness (QED) is 0.836. The molecule has 0 aromatic carbocycles. The van der Waals surface area contributed by atoms with Gasteiger partial charge in [-0.2, -0.15) is 0 Å². The SMILES string of the molecule is Cl.N[C@@H]1CCC[C@H]1CC(=O)NC1CCC2(CCOCC2)CC1. The first-order chi connectivity index (χ1) is 10.2. The number of carbonyl (C=O) groups is 1. The highest BCUT2D eigenvalue weighted by Gasteiger charge is 2.37. The van der Waals surface area contributed by atoms with Crippen molar-refractivity contribution in [2.24, 2.45) is 17.1 Å². The molecule has 0 aromatic heterocycles. The first-order valence-corrected chi connectivity index (χ1v) is 8.80. The van der Waals surface area contributed by atoms with E-state index in [0.29, 0.717) is 23.8 Å². The summed E-state index contributed by atoms with van der Waals surface area (Å²) in [5.74, 6) is 0.640. The molecule has 22 heavy (non-hydrogen) atoms. The summed E-state index contributed by atoms with van der Waals surface area (Å²) in [7, 11) is 0. The minimum atomic E-state index is 0. The zero-order chi connectivity index (χ0) is 14.7. The van der Waals surface area contributed by atoms with Crippen LogP contribution in [0, 0.1) is 11.3 Å². The van der Waals surface area contributed by atoms with Crippen LogP contribution < -0.4 is 11.1 Å². The molecule has 0 radical (unpaired) electrons. The van der Waals surface area contributed by atoms with Gasteiger partial charge in [-0.3, -0.25) is 4.79 Å². The molecule has 1 amide bonds. The van der Waals surface area contributed by atoms with Crippen LogP contribution in [-0.4, -0.2) is 31.2 Å². The van der Waals surface area contributed by atoms with E-state index >= 15 is 0 Å². The zero-order valence-electron chi connectivity index (χ0n) is 13.5. The van der Waals surface area contributed by atoms with Crippen LogP contribution in [-0.2, 0) is 9.53 Å². The summed E-state index contributed by atoms with van der Waals surface area (Å²) in [5.41, 5.74) is 6.58. The molecular weight excluding hydrogens is 300 g/mol. The molecular formula is C17H31ClN2O2. The van der Waals surface area contributed by atoms with Gasteiger partial charge in [-0.05, 0) is 62.7 Å². The zero-order valence-corrected chi connectivity index (χ0v) is 14.3. The Bertz CT molecular complexity index is 362. The Hall–Kier alpha value is -0.320. The van der Waals surface area contributed by atoms with Gasteiger partial charge in [0.2, 0.25) is 5.91 Å². The molecule has 2 aliphatic carbocycles. The average Bonchev–Trinajstić information content (AvgIpc) is 2.88. The molecule has 4 nitrogen and oxygen atoms in total. The molecule has 3 rings (SSSR count). The Morgan fingerprint density at radius 3 is 2.36 bits per heavy atom. The highest BCUT2D eigenvalue weighted by Crippen LogP contribution is 2.44. The van der Waals surface area contributed by atoms with Gasteiger partial charge < -0.3 is 15.8 Å². The maximum atomic E-state index is 12.2. The number of hydrogen-bond acceptors (Lipinski definition) is 3. The lowest BCUT2D eigenvalue weighted by Gasteiger charge is -2.43. The molecule has 0 unspecified atom stereocenters. The lowest BCUT2D eigenvalue weighted by Crippen LogP contribution is -2.43. The molecule has 128 valence electrons. The van der Waals surface area contributed by atoms with Crippen molar-refractivity contribution < 1.29 is 9.53 Å². The van der Waals surface area contributed by atoms with Crippen molar-refractivity contribution in [3.05, 3.63) is 0 Å². The van der Waals surface area contributed by atoms with E-state index < -0.39 is 0 Å². The van der Waals surface area contributed by atoms with E-state index in [1.165, 1.54) is 32.1 Å². The van der Waals surface area contributed by atoms with Crippen LogP contribution in [0.4, 0.5) is 0 Å². The van der Waals surface area contributed by atoms with Crippen LogP contribution in [0.5, 0.6) is 0 Å². The highest BCUT2D eigenvalue weighted by molar-refractivity contribution is 5.85. The second-order valence-electron chi connectivity index (χ2n) is 7.51. The van der Waals surface area contributed by atoms with Gasteiger partial charge in [0.05, 0.1) is 0 Å². The Balaban J connectivity index is 0.00000176. The highest BCUT2D eigenvalue weighted by atomic mass is 35.5. The van der Waals surface area contributed by atoms with E-state index in [4.69, 9.17) is 10.5 Å². The predicted octanol–water partition coefficient (Wildman–Crippen LogP) is 2.78. The molecule has 1 saturated heterocycles. The summed E-state index contributed by atoms with van der Waals surface area (Å²) >= 11 is 0. The van der Waals surface area contributed by atoms with Gasteiger partial charge in [0.1, 0.15) is 0 Å². The van der Waals surface area contributed by atoms with Gasteiger partial charge in [-0.25, -0.2) is 0 Å². The fraction of sp³-hybridized carbons (Fsp3) is 0.941. The molecule has 3 aliphatic rings. The van der Waals surface area contributed by atoms with E-state index in [2.05, 4.69) is 5.32 Å². The molecule has 0 bridgehead atoms. The average molecular weight is 331 g/mol. The monoisotopic (exact) mass is 330 g/mol. The van der Waals surface area contributed by atoms with Gasteiger partial charge in [0.25, 0.3) is 0 Å². The topological polar surface area (TPSA) is 64.4 Å². The molecule has 2 saturated carbocycles. The number of amides is 1. The van der Waals surface area contributed by atoms with E-state index in [9.17, 15) is 4.79 Å². The van der Waals surface area contributed by atoms with E-state index in [1.807, 2.05) is 0 Å². The van der Waals surface area contributed by atoms with Crippen molar-refractivity contribution >= 4 is 18.3 Å². The van der Waals surface area contributed by atoms with Crippen molar-refractivity contribution in [1.82, 2.24) is 5.32 Å². The van der Waals surface area contributed by atoms with Crippen LogP contribution in [0.15, 0.2) is 0 Å². The van der Waals surface area contributed by atoms with Crippen molar-refractivity contribution in [1.29, 1.82) is 0 Å². The predicted molar refractivity (Wildman–Crippen MR) is 90.1 cm³/mol. The lowest BCUT2D eigenvalue weighted by molar-refractivity contribution is -0.123. The fourth-order valence-electron chi connectivity index (χ4n) is 4.52. The lowest BCUT2D eigenvalue weighted by atomic mass is 9.68. The molecule has 1 spiro atoms. The summed E-state index contributed by atoms with van der Waals surface area (Å²) < 4.78 is 5.49. The summed E-state index contributed by atoms with van der Waals surface area (Å²) in [6, 6.07) is 0.635. The second kappa shape index (κ2) is 7.98. The van der Waals surface area contributed by atoms with Gasteiger partial charge in [0, 0.05) is 31.7 Å². The second-order valence-corrected chi connectivity index (χ2v) is 7.51. The number of halogens is 1. The summed E-state index contributed by atoms with van der Waals surface area (Å²) in [4.78, 5) is 12.2. The smallest absolute Gasteiger partial charge is 0.220 e.